The maximum Gasteiger partial charge on any atom is 0.261 e. The molecule has 128 valence electrons. The highest BCUT2D eigenvalue weighted by atomic mass is 16.5. The third-order valence-electron chi connectivity index (χ3n) is 4.55. The number of hydrogen-bond acceptors (Lipinski definition) is 4. The number of morpholine rings is 1. The molecule has 0 aliphatic carbocycles. The van der Waals surface area contributed by atoms with E-state index in [4.69, 9.17) is 4.74 Å². The largest absolute Gasteiger partial charge is 0.375 e. The van der Waals surface area contributed by atoms with Crippen LogP contribution in [-0.2, 0) is 16.1 Å². The second-order valence-electron chi connectivity index (χ2n) is 6.12. The number of carbonyl (C=O) groups excluding carboxylic acids is 1. The summed E-state index contributed by atoms with van der Waals surface area (Å²) in [6, 6.07) is 7.30. The van der Waals surface area contributed by atoms with Gasteiger partial charge in [-0.15, -0.1) is 0 Å². The number of para-hydroxylation sites is 1. The van der Waals surface area contributed by atoms with Crippen molar-refractivity contribution in [1.29, 1.82) is 0 Å². The summed E-state index contributed by atoms with van der Waals surface area (Å²) in [5.41, 5.74) is 0.612. The monoisotopic (exact) mass is 329 g/mol. The lowest BCUT2D eigenvalue weighted by molar-refractivity contribution is -0.139. The predicted molar refractivity (Wildman–Crippen MR) is 92.0 cm³/mol. The first-order chi connectivity index (χ1) is 11.6. The summed E-state index contributed by atoms with van der Waals surface area (Å²) in [4.78, 5) is 31.4. The van der Waals surface area contributed by atoms with Crippen molar-refractivity contribution in [3.63, 3.8) is 0 Å². The van der Waals surface area contributed by atoms with Gasteiger partial charge in [0.25, 0.3) is 5.56 Å². The highest BCUT2D eigenvalue weighted by Gasteiger charge is 2.23. The minimum atomic E-state index is -0.0840. The van der Waals surface area contributed by atoms with Crippen LogP contribution in [0.1, 0.15) is 25.6 Å². The Morgan fingerprint density at radius 3 is 2.96 bits per heavy atom. The number of carbonyl (C=O) groups is 1. The van der Waals surface area contributed by atoms with Gasteiger partial charge >= 0.3 is 0 Å². The fraction of sp³-hybridized carbons (Fsp3) is 0.500. The molecule has 0 radical (unpaired) electrons. The molecular formula is C18H23N3O3. The molecule has 6 nitrogen and oxygen atoms in total. The maximum absolute atomic E-state index is 12.6. The van der Waals surface area contributed by atoms with Gasteiger partial charge in [-0.25, -0.2) is 4.98 Å². The molecule has 0 saturated carbocycles. The summed E-state index contributed by atoms with van der Waals surface area (Å²) in [6.07, 6.45) is 1.32. The number of nitrogens with zero attached hydrogens (tertiary/aromatic N) is 3. The van der Waals surface area contributed by atoms with Crippen molar-refractivity contribution in [2.24, 2.45) is 0 Å². The Morgan fingerprint density at radius 2 is 2.17 bits per heavy atom. The van der Waals surface area contributed by atoms with Gasteiger partial charge in [0.2, 0.25) is 5.91 Å². The molecule has 1 aliphatic heterocycles. The SMILES string of the molecule is CC[C@@H]1CN(C(=O)CCn2c(C)nc3ccccc3c2=O)CCO1. The van der Waals surface area contributed by atoms with Crippen molar-refractivity contribution in [3.05, 3.63) is 40.4 Å². The standard InChI is InChI=1S/C18H23N3O3/c1-3-14-12-20(10-11-24-14)17(22)8-9-21-13(2)19-16-7-5-4-6-15(16)18(21)23/h4-7,14H,3,8-12H2,1-2H3/t14-/m1/s1. The Morgan fingerprint density at radius 1 is 1.38 bits per heavy atom. The molecule has 24 heavy (non-hydrogen) atoms. The first kappa shape index (κ1) is 16.6. The van der Waals surface area contributed by atoms with Crippen LogP contribution in [0.4, 0.5) is 0 Å². The molecule has 0 unspecified atom stereocenters. The third-order valence-corrected chi connectivity index (χ3v) is 4.55. The van der Waals surface area contributed by atoms with E-state index in [1.54, 1.807) is 17.6 Å². The van der Waals surface area contributed by atoms with Gasteiger partial charge in [-0.2, -0.15) is 0 Å². The maximum atomic E-state index is 12.6. The van der Waals surface area contributed by atoms with Crippen LogP contribution >= 0.6 is 0 Å². The second kappa shape index (κ2) is 7.13. The number of hydrogen-bond donors (Lipinski definition) is 0. The summed E-state index contributed by atoms with van der Waals surface area (Å²) >= 11 is 0. The highest BCUT2D eigenvalue weighted by Crippen LogP contribution is 2.11. The smallest absolute Gasteiger partial charge is 0.261 e. The van der Waals surface area contributed by atoms with E-state index in [9.17, 15) is 9.59 Å². The first-order valence-corrected chi connectivity index (χ1v) is 8.45. The second-order valence-corrected chi connectivity index (χ2v) is 6.12. The fourth-order valence-electron chi connectivity index (χ4n) is 3.10. The Hall–Kier alpha value is -2.21. The Balaban J connectivity index is 1.73. The lowest BCUT2D eigenvalue weighted by atomic mass is 10.2. The average Bonchev–Trinajstić information content (AvgIpc) is 2.61. The zero-order valence-corrected chi connectivity index (χ0v) is 14.2. The van der Waals surface area contributed by atoms with Crippen LogP contribution in [0.5, 0.6) is 0 Å². The van der Waals surface area contributed by atoms with E-state index in [2.05, 4.69) is 11.9 Å². The molecule has 1 fully saturated rings. The van der Waals surface area contributed by atoms with Gasteiger partial charge < -0.3 is 9.64 Å². The Labute approximate surface area is 141 Å². The number of aryl methyl sites for hydroxylation is 1. The molecule has 0 bridgehead atoms. The van der Waals surface area contributed by atoms with E-state index in [0.717, 1.165) is 6.42 Å². The van der Waals surface area contributed by atoms with Crippen molar-refractivity contribution in [2.75, 3.05) is 19.7 Å². The molecule has 1 amide bonds. The summed E-state index contributed by atoms with van der Waals surface area (Å²) in [5, 5.41) is 0.591. The zero-order chi connectivity index (χ0) is 17.1. The Bertz CT molecular complexity index is 800. The normalized spacial score (nSPS) is 18.1. The van der Waals surface area contributed by atoms with E-state index in [1.807, 2.05) is 23.1 Å². The van der Waals surface area contributed by atoms with E-state index in [0.29, 0.717) is 49.4 Å². The molecule has 1 aliphatic rings. The molecule has 0 spiro atoms. The van der Waals surface area contributed by atoms with Gasteiger partial charge in [0.05, 0.1) is 23.6 Å². The lowest BCUT2D eigenvalue weighted by Crippen LogP contribution is -2.45. The van der Waals surface area contributed by atoms with Crippen LogP contribution in [0.15, 0.2) is 29.1 Å². The quantitative estimate of drug-likeness (QED) is 0.857. The number of fused-ring (bicyclic) bond motifs is 1. The van der Waals surface area contributed by atoms with Crippen molar-refractivity contribution in [1.82, 2.24) is 14.5 Å². The van der Waals surface area contributed by atoms with Crippen molar-refractivity contribution in [3.8, 4) is 0 Å². The third kappa shape index (κ3) is 3.33. The minimum Gasteiger partial charge on any atom is -0.375 e. The molecule has 1 saturated heterocycles. The van der Waals surface area contributed by atoms with Crippen LogP contribution in [0.3, 0.4) is 0 Å². The molecule has 2 aromatic rings. The van der Waals surface area contributed by atoms with Crippen molar-refractivity contribution < 1.29 is 9.53 Å². The minimum absolute atomic E-state index is 0.0659. The van der Waals surface area contributed by atoms with E-state index in [1.165, 1.54) is 0 Å². The highest BCUT2D eigenvalue weighted by molar-refractivity contribution is 5.78. The average molecular weight is 329 g/mol. The van der Waals surface area contributed by atoms with Crippen LogP contribution in [0.25, 0.3) is 10.9 Å². The van der Waals surface area contributed by atoms with Gasteiger partial charge in [0.15, 0.2) is 0 Å². The number of aromatic nitrogens is 2. The van der Waals surface area contributed by atoms with Gasteiger partial charge in [-0.3, -0.25) is 14.2 Å². The number of ether oxygens (including phenoxy) is 1. The molecule has 0 N–H and O–H groups in total. The molecule has 6 heteroatoms. The number of rotatable bonds is 4. The number of amides is 1. The molecule has 1 atom stereocenters. The van der Waals surface area contributed by atoms with Crippen LogP contribution in [0.2, 0.25) is 0 Å². The summed E-state index contributed by atoms with van der Waals surface area (Å²) in [7, 11) is 0. The topological polar surface area (TPSA) is 64.4 Å². The molecule has 1 aromatic heterocycles. The summed E-state index contributed by atoms with van der Waals surface area (Å²) in [6.45, 7) is 6.07. The van der Waals surface area contributed by atoms with Gasteiger partial charge in [0.1, 0.15) is 5.82 Å². The van der Waals surface area contributed by atoms with Crippen molar-refractivity contribution >= 4 is 16.8 Å². The number of benzene rings is 1. The van der Waals surface area contributed by atoms with Gasteiger partial charge in [0, 0.05) is 26.1 Å². The van der Waals surface area contributed by atoms with Crippen LogP contribution < -0.4 is 5.56 Å². The molecule has 2 heterocycles. The van der Waals surface area contributed by atoms with Crippen LogP contribution in [-0.4, -0.2) is 46.2 Å². The predicted octanol–water partition coefficient (Wildman–Crippen LogP) is 1.73. The van der Waals surface area contributed by atoms with E-state index < -0.39 is 0 Å². The van der Waals surface area contributed by atoms with E-state index in [-0.39, 0.29) is 17.6 Å². The Kier molecular flexibility index (Phi) is 4.94. The van der Waals surface area contributed by atoms with E-state index >= 15 is 0 Å². The molecule has 1 aromatic carbocycles. The molecule has 3 rings (SSSR count). The first-order valence-electron chi connectivity index (χ1n) is 8.45. The molecular weight excluding hydrogens is 306 g/mol. The van der Waals surface area contributed by atoms with Gasteiger partial charge in [-0.05, 0) is 25.5 Å². The van der Waals surface area contributed by atoms with Crippen molar-refractivity contribution in [2.45, 2.75) is 39.3 Å². The van der Waals surface area contributed by atoms with Gasteiger partial charge in [-0.1, -0.05) is 19.1 Å². The summed E-state index contributed by atoms with van der Waals surface area (Å²) < 4.78 is 7.19. The zero-order valence-electron chi connectivity index (χ0n) is 14.2. The fourth-order valence-corrected chi connectivity index (χ4v) is 3.10. The van der Waals surface area contributed by atoms with Crippen LogP contribution in [0, 0.1) is 6.92 Å². The summed E-state index contributed by atoms with van der Waals surface area (Å²) in [5.74, 6) is 0.705. The lowest BCUT2D eigenvalue weighted by Gasteiger charge is -2.32.